The highest BCUT2D eigenvalue weighted by Gasteiger charge is 2.10. The maximum atomic E-state index is 13.8. The van der Waals surface area contributed by atoms with Gasteiger partial charge in [-0.2, -0.15) is 0 Å². The molecule has 0 saturated heterocycles. The highest BCUT2D eigenvalue weighted by atomic mass is 19.1. The number of hydrogen-bond donors (Lipinski definition) is 1. The molecule has 0 aliphatic rings. The predicted octanol–water partition coefficient (Wildman–Crippen LogP) is 2.97. The van der Waals surface area contributed by atoms with Crippen LogP contribution >= 0.6 is 0 Å². The third-order valence-corrected chi connectivity index (χ3v) is 2.88. The molecule has 1 aromatic rings. The highest BCUT2D eigenvalue weighted by molar-refractivity contribution is 5.30. The molecule has 0 saturated carbocycles. The van der Waals surface area contributed by atoms with Crippen molar-refractivity contribution in [3.05, 3.63) is 29.6 Å². The zero-order valence-electron chi connectivity index (χ0n) is 10.4. The van der Waals surface area contributed by atoms with E-state index in [2.05, 4.69) is 26.1 Å². The van der Waals surface area contributed by atoms with E-state index in [0.29, 0.717) is 29.8 Å². The Labute approximate surface area is 96.8 Å². The molecule has 0 spiro atoms. The van der Waals surface area contributed by atoms with Crippen LogP contribution in [0.3, 0.4) is 0 Å². The lowest BCUT2D eigenvalue weighted by Crippen LogP contribution is -2.30. The summed E-state index contributed by atoms with van der Waals surface area (Å²) in [7, 11) is 1.48. The van der Waals surface area contributed by atoms with Gasteiger partial charge in [-0.3, -0.25) is 0 Å². The number of rotatable bonds is 5. The van der Waals surface area contributed by atoms with E-state index < -0.39 is 0 Å². The Morgan fingerprint density at radius 2 is 2.00 bits per heavy atom. The molecule has 1 rings (SSSR count). The summed E-state index contributed by atoms with van der Waals surface area (Å²) < 4.78 is 18.7. The van der Waals surface area contributed by atoms with Crippen molar-refractivity contribution < 1.29 is 9.13 Å². The van der Waals surface area contributed by atoms with Crippen molar-refractivity contribution in [2.75, 3.05) is 7.11 Å². The first-order chi connectivity index (χ1) is 7.56. The SMILES string of the molecule is COc1cccc(CNC(C)C(C)C)c1F. The van der Waals surface area contributed by atoms with E-state index in [1.165, 1.54) is 7.11 Å². The first-order valence-corrected chi connectivity index (χ1v) is 5.61. The second kappa shape index (κ2) is 5.85. The molecule has 3 heteroatoms. The summed E-state index contributed by atoms with van der Waals surface area (Å²) in [6, 6.07) is 5.58. The topological polar surface area (TPSA) is 21.3 Å². The zero-order valence-corrected chi connectivity index (χ0v) is 10.4. The van der Waals surface area contributed by atoms with Gasteiger partial charge >= 0.3 is 0 Å². The van der Waals surface area contributed by atoms with E-state index in [-0.39, 0.29) is 5.82 Å². The van der Waals surface area contributed by atoms with Crippen LogP contribution in [0.15, 0.2) is 18.2 Å². The van der Waals surface area contributed by atoms with Crippen molar-refractivity contribution in [1.82, 2.24) is 5.32 Å². The van der Waals surface area contributed by atoms with Crippen molar-refractivity contribution in [3.63, 3.8) is 0 Å². The Hall–Kier alpha value is -1.09. The van der Waals surface area contributed by atoms with E-state index >= 15 is 0 Å². The maximum Gasteiger partial charge on any atom is 0.169 e. The average Bonchev–Trinajstić information content (AvgIpc) is 2.27. The molecular formula is C13H20FNO. The lowest BCUT2D eigenvalue weighted by molar-refractivity contribution is 0.379. The van der Waals surface area contributed by atoms with Gasteiger partial charge in [0, 0.05) is 18.2 Å². The first-order valence-electron chi connectivity index (χ1n) is 5.61. The van der Waals surface area contributed by atoms with Crippen LogP contribution in [0.5, 0.6) is 5.75 Å². The summed E-state index contributed by atoms with van der Waals surface area (Å²) in [6.07, 6.45) is 0. The number of ether oxygens (including phenoxy) is 1. The number of benzene rings is 1. The van der Waals surface area contributed by atoms with E-state index in [9.17, 15) is 4.39 Å². The van der Waals surface area contributed by atoms with Crippen molar-refractivity contribution in [1.29, 1.82) is 0 Å². The van der Waals surface area contributed by atoms with Gasteiger partial charge in [0.1, 0.15) is 0 Å². The molecule has 0 heterocycles. The largest absolute Gasteiger partial charge is 0.494 e. The Morgan fingerprint density at radius 3 is 2.56 bits per heavy atom. The van der Waals surface area contributed by atoms with Crippen LogP contribution in [0.1, 0.15) is 26.3 Å². The minimum atomic E-state index is -0.270. The first kappa shape index (κ1) is 13.0. The van der Waals surface area contributed by atoms with Gasteiger partial charge in [0.25, 0.3) is 0 Å². The Balaban J connectivity index is 2.67. The zero-order chi connectivity index (χ0) is 12.1. The van der Waals surface area contributed by atoms with Gasteiger partial charge in [-0.15, -0.1) is 0 Å². The van der Waals surface area contributed by atoms with Crippen molar-refractivity contribution >= 4 is 0 Å². The van der Waals surface area contributed by atoms with Gasteiger partial charge < -0.3 is 10.1 Å². The number of halogens is 1. The summed E-state index contributed by atoms with van der Waals surface area (Å²) in [5, 5.41) is 3.29. The molecule has 1 atom stereocenters. The van der Waals surface area contributed by atoms with Crippen LogP contribution in [-0.2, 0) is 6.54 Å². The second-order valence-corrected chi connectivity index (χ2v) is 4.35. The lowest BCUT2D eigenvalue weighted by Gasteiger charge is -2.18. The maximum absolute atomic E-state index is 13.8. The molecule has 0 radical (unpaired) electrons. The summed E-state index contributed by atoms with van der Waals surface area (Å²) in [4.78, 5) is 0. The Kier molecular flexibility index (Phi) is 4.74. The van der Waals surface area contributed by atoms with Gasteiger partial charge in [-0.1, -0.05) is 26.0 Å². The molecule has 0 fully saturated rings. The van der Waals surface area contributed by atoms with E-state index in [1.54, 1.807) is 18.2 Å². The number of methoxy groups -OCH3 is 1. The molecule has 16 heavy (non-hydrogen) atoms. The summed E-state index contributed by atoms with van der Waals surface area (Å²) in [5.41, 5.74) is 0.645. The fourth-order valence-corrected chi connectivity index (χ4v) is 1.36. The predicted molar refractivity (Wildman–Crippen MR) is 64.1 cm³/mol. The quantitative estimate of drug-likeness (QED) is 0.831. The summed E-state index contributed by atoms with van der Waals surface area (Å²) in [6.45, 7) is 6.91. The molecule has 1 N–H and O–H groups in total. The molecule has 1 unspecified atom stereocenters. The van der Waals surface area contributed by atoms with Crippen LogP contribution in [0, 0.1) is 11.7 Å². The minimum Gasteiger partial charge on any atom is -0.494 e. The smallest absolute Gasteiger partial charge is 0.169 e. The summed E-state index contributed by atoms with van der Waals surface area (Å²) in [5.74, 6) is 0.568. The number of nitrogens with one attached hydrogen (secondary N) is 1. The fourth-order valence-electron chi connectivity index (χ4n) is 1.36. The average molecular weight is 225 g/mol. The Bertz CT molecular complexity index is 339. The lowest BCUT2D eigenvalue weighted by atomic mass is 10.1. The third kappa shape index (κ3) is 3.20. The van der Waals surface area contributed by atoms with Gasteiger partial charge in [0.15, 0.2) is 11.6 Å². The van der Waals surface area contributed by atoms with Gasteiger partial charge in [0.05, 0.1) is 7.11 Å². The standard InChI is InChI=1S/C13H20FNO/c1-9(2)10(3)15-8-11-6-5-7-12(16-4)13(11)14/h5-7,9-10,15H,8H2,1-4H3. The molecule has 0 aliphatic heterocycles. The van der Waals surface area contributed by atoms with Gasteiger partial charge in [-0.25, -0.2) is 4.39 Å². The molecule has 1 aromatic carbocycles. The molecule has 0 bridgehead atoms. The van der Waals surface area contributed by atoms with E-state index in [0.717, 1.165) is 0 Å². The van der Waals surface area contributed by atoms with Gasteiger partial charge in [-0.05, 0) is 18.9 Å². The number of hydrogen-bond acceptors (Lipinski definition) is 2. The molecular weight excluding hydrogens is 205 g/mol. The van der Waals surface area contributed by atoms with Crippen molar-refractivity contribution in [2.45, 2.75) is 33.4 Å². The second-order valence-electron chi connectivity index (χ2n) is 4.35. The highest BCUT2D eigenvalue weighted by Crippen LogP contribution is 2.19. The van der Waals surface area contributed by atoms with Crippen LogP contribution in [0.25, 0.3) is 0 Å². The monoisotopic (exact) mass is 225 g/mol. The molecule has 0 aromatic heterocycles. The van der Waals surface area contributed by atoms with Crippen LogP contribution in [0.4, 0.5) is 4.39 Å². The molecule has 2 nitrogen and oxygen atoms in total. The van der Waals surface area contributed by atoms with Crippen LogP contribution in [0.2, 0.25) is 0 Å². The van der Waals surface area contributed by atoms with Gasteiger partial charge in [0.2, 0.25) is 0 Å². The summed E-state index contributed by atoms with van der Waals surface area (Å²) >= 11 is 0. The van der Waals surface area contributed by atoms with Crippen molar-refractivity contribution in [3.8, 4) is 5.75 Å². The third-order valence-electron chi connectivity index (χ3n) is 2.88. The van der Waals surface area contributed by atoms with Crippen molar-refractivity contribution in [2.24, 2.45) is 5.92 Å². The van der Waals surface area contributed by atoms with E-state index in [1.807, 2.05) is 0 Å². The van der Waals surface area contributed by atoms with Crippen LogP contribution < -0.4 is 10.1 Å². The van der Waals surface area contributed by atoms with E-state index in [4.69, 9.17) is 4.74 Å². The molecule has 0 aliphatic carbocycles. The Morgan fingerprint density at radius 1 is 1.31 bits per heavy atom. The normalized spacial score (nSPS) is 12.9. The molecule has 90 valence electrons. The minimum absolute atomic E-state index is 0.270. The van der Waals surface area contributed by atoms with Crippen LogP contribution in [-0.4, -0.2) is 13.2 Å². The molecule has 0 amide bonds. The fraction of sp³-hybridized carbons (Fsp3) is 0.538.